The maximum Gasteiger partial charge on any atom is 0.263 e. The van der Waals surface area contributed by atoms with Gasteiger partial charge in [0.25, 0.3) is 5.91 Å². The molecule has 0 aliphatic rings. The van der Waals surface area contributed by atoms with Crippen LogP contribution in [0.25, 0.3) is 22.1 Å². The highest BCUT2D eigenvalue weighted by atomic mass is 16.5. The lowest BCUT2D eigenvalue weighted by molar-refractivity contribution is -0.118. The number of nitrogens with zero attached hydrogens (tertiary/aromatic N) is 1. The van der Waals surface area contributed by atoms with Gasteiger partial charge < -0.3 is 23.7 Å². The van der Waals surface area contributed by atoms with Gasteiger partial charge >= 0.3 is 0 Å². The highest BCUT2D eigenvalue weighted by molar-refractivity contribution is 5.91. The van der Waals surface area contributed by atoms with Crippen molar-refractivity contribution in [2.75, 3.05) is 11.9 Å². The molecule has 0 aliphatic heterocycles. The average Bonchev–Trinajstić information content (AvgIpc) is 3.33. The maximum absolute atomic E-state index is 13.2. The number of hydrogen-bond acceptors (Lipinski definition) is 7. The van der Waals surface area contributed by atoms with Crippen molar-refractivity contribution in [3.05, 3.63) is 101 Å². The zero-order chi connectivity index (χ0) is 25.8. The summed E-state index contributed by atoms with van der Waals surface area (Å²) in [6.07, 6.45) is 1.87. The van der Waals surface area contributed by atoms with E-state index in [0.29, 0.717) is 40.5 Å². The molecule has 3 aromatic carbocycles. The zero-order valence-corrected chi connectivity index (χ0v) is 20.3. The molecule has 186 valence electrons. The minimum Gasteiger partial charge on any atom is -0.483 e. The topological polar surface area (TPSA) is 104 Å². The first kappa shape index (κ1) is 23.9. The van der Waals surface area contributed by atoms with Crippen LogP contribution in [0.1, 0.15) is 18.2 Å². The molecule has 0 spiro atoms. The first-order valence-electron chi connectivity index (χ1n) is 11.8. The second-order valence-corrected chi connectivity index (χ2v) is 8.39. The number of carbonyl (C=O) groups excluding carboxylic acids is 1. The van der Waals surface area contributed by atoms with Crippen LogP contribution < -0.4 is 20.2 Å². The lowest BCUT2D eigenvalue weighted by atomic mass is 10.1. The van der Waals surface area contributed by atoms with E-state index in [1.54, 1.807) is 25.1 Å². The number of aromatic nitrogens is 1. The second kappa shape index (κ2) is 10.4. The van der Waals surface area contributed by atoms with Crippen LogP contribution in [-0.2, 0) is 11.2 Å². The van der Waals surface area contributed by atoms with Crippen LogP contribution in [0.3, 0.4) is 0 Å². The van der Waals surface area contributed by atoms with Crippen LogP contribution in [0.2, 0.25) is 0 Å². The summed E-state index contributed by atoms with van der Waals surface area (Å²) in [6.45, 7) is 3.42. The van der Waals surface area contributed by atoms with Crippen LogP contribution >= 0.6 is 0 Å². The molecule has 5 aromatic rings. The summed E-state index contributed by atoms with van der Waals surface area (Å²) in [7, 11) is 0. The van der Waals surface area contributed by atoms with Crippen LogP contribution in [0.4, 0.5) is 5.82 Å². The third kappa shape index (κ3) is 5.38. The summed E-state index contributed by atoms with van der Waals surface area (Å²) in [4.78, 5) is 25.4. The van der Waals surface area contributed by atoms with Crippen molar-refractivity contribution in [2.45, 2.75) is 20.3 Å². The molecule has 1 amide bonds. The monoisotopic (exact) mass is 496 g/mol. The lowest BCUT2D eigenvalue weighted by Crippen LogP contribution is -2.20. The molecule has 2 aromatic heterocycles. The van der Waals surface area contributed by atoms with E-state index < -0.39 is 0 Å². The summed E-state index contributed by atoms with van der Waals surface area (Å²) in [5.74, 6) is 1.57. The van der Waals surface area contributed by atoms with Gasteiger partial charge in [0.15, 0.2) is 12.4 Å². The van der Waals surface area contributed by atoms with E-state index in [4.69, 9.17) is 18.4 Å². The van der Waals surface area contributed by atoms with E-state index in [0.717, 1.165) is 16.7 Å². The van der Waals surface area contributed by atoms with Gasteiger partial charge in [-0.15, -0.1) is 0 Å². The van der Waals surface area contributed by atoms with Crippen molar-refractivity contribution in [1.82, 2.24) is 5.16 Å². The van der Waals surface area contributed by atoms with Gasteiger partial charge in [0.1, 0.15) is 29.1 Å². The molecule has 8 heteroatoms. The Morgan fingerprint density at radius 2 is 1.73 bits per heavy atom. The SMILES string of the molecule is CCc1cc2c(=O)c(Oc3ccc(-c4ccccc4)cc3)coc2cc1OCC(=O)Nc1cc(C)on1. The van der Waals surface area contributed by atoms with E-state index >= 15 is 0 Å². The fraction of sp³-hybridized carbons (Fsp3) is 0.138. The van der Waals surface area contributed by atoms with E-state index in [1.807, 2.05) is 61.5 Å². The van der Waals surface area contributed by atoms with Crippen molar-refractivity contribution in [2.24, 2.45) is 0 Å². The molecule has 8 nitrogen and oxygen atoms in total. The highest BCUT2D eigenvalue weighted by Gasteiger charge is 2.15. The number of anilines is 1. The van der Waals surface area contributed by atoms with E-state index in [9.17, 15) is 9.59 Å². The minimum atomic E-state index is -0.390. The average molecular weight is 497 g/mol. The van der Waals surface area contributed by atoms with Crippen molar-refractivity contribution < 1.29 is 23.2 Å². The number of nitrogens with one attached hydrogen (secondary N) is 1. The normalized spacial score (nSPS) is 10.9. The predicted octanol–water partition coefficient (Wildman–Crippen LogP) is 6.13. The third-order valence-electron chi connectivity index (χ3n) is 5.75. The molecule has 0 atom stereocenters. The number of hydrogen-bond donors (Lipinski definition) is 1. The molecule has 0 saturated heterocycles. The Morgan fingerprint density at radius 1 is 0.973 bits per heavy atom. The summed E-state index contributed by atoms with van der Waals surface area (Å²) < 4.78 is 22.2. The number of aryl methyl sites for hydroxylation is 2. The predicted molar refractivity (Wildman–Crippen MR) is 139 cm³/mol. The fourth-order valence-corrected chi connectivity index (χ4v) is 3.89. The second-order valence-electron chi connectivity index (χ2n) is 8.39. The van der Waals surface area contributed by atoms with Crippen LogP contribution in [0.15, 0.2) is 92.8 Å². The Morgan fingerprint density at radius 3 is 2.43 bits per heavy atom. The Hall–Kier alpha value is -4.85. The molecule has 0 saturated carbocycles. The minimum absolute atomic E-state index is 0.0814. The summed E-state index contributed by atoms with van der Waals surface area (Å²) in [5, 5.41) is 6.69. The van der Waals surface area contributed by atoms with Crippen molar-refractivity contribution in [3.8, 4) is 28.4 Å². The molecule has 0 unspecified atom stereocenters. The lowest BCUT2D eigenvalue weighted by Gasteiger charge is -2.12. The van der Waals surface area contributed by atoms with Crippen molar-refractivity contribution in [3.63, 3.8) is 0 Å². The zero-order valence-electron chi connectivity index (χ0n) is 20.3. The number of carbonyl (C=O) groups is 1. The maximum atomic E-state index is 13.2. The van der Waals surface area contributed by atoms with Gasteiger partial charge in [-0.2, -0.15) is 0 Å². The molecule has 2 heterocycles. The van der Waals surface area contributed by atoms with E-state index in [1.165, 1.54) is 6.26 Å². The van der Waals surface area contributed by atoms with Crippen LogP contribution in [-0.4, -0.2) is 17.7 Å². The Bertz CT molecular complexity index is 1600. The summed E-state index contributed by atoms with van der Waals surface area (Å²) >= 11 is 0. The van der Waals surface area contributed by atoms with E-state index in [-0.39, 0.29) is 23.7 Å². The molecule has 0 radical (unpaired) electrons. The number of benzene rings is 3. The first-order valence-corrected chi connectivity index (χ1v) is 11.8. The van der Waals surface area contributed by atoms with Gasteiger partial charge in [0.2, 0.25) is 11.2 Å². The Kier molecular flexibility index (Phi) is 6.72. The smallest absolute Gasteiger partial charge is 0.263 e. The van der Waals surface area contributed by atoms with Gasteiger partial charge in [-0.25, -0.2) is 0 Å². The van der Waals surface area contributed by atoms with Crippen LogP contribution in [0.5, 0.6) is 17.2 Å². The third-order valence-corrected chi connectivity index (χ3v) is 5.75. The molecule has 37 heavy (non-hydrogen) atoms. The molecule has 5 rings (SSSR count). The number of fused-ring (bicyclic) bond motifs is 1. The molecule has 0 bridgehead atoms. The van der Waals surface area contributed by atoms with Gasteiger partial charge in [0.05, 0.1) is 5.39 Å². The summed E-state index contributed by atoms with van der Waals surface area (Å²) in [5.41, 5.74) is 2.93. The number of ether oxygens (including phenoxy) is 2. The molecular formula is C29H24N2O6. The Labute approximate surface area is 212 Å². The largest absolute Gasteiger partial charge is 0.483 e. The Balaban J connectivity index is 1.33. The summed E-state index contributed by atoms with van der Waals surface area (Å²) in [6, 6.07) is 22.4. The van der Waals surface area contributed by atoms with Gasteiger partial charge in [-0.1, -0.05) is 54.5 Å². The van der Waals surface area contributed by atoms with Crippen molar-refractivity contribution in [1.29, 1.82) is 0 Å². The van der Waals surface area contributed by atoms with Gasteiger partial charge in [0, 0.05) is 12.1 Å². The molecule has 1 N–H and O–H groups in total. The quantitative estimate of drug-likeness (QED) is 0.276. The standard InChI is InChI=1S/C29H24N2O6/c1-3-19-14-23-25(15-24(19)35-17-28(32)30-27-13-18(2)37-31-27)34-16-26(29(23)33)36-22-11-9-21(10-12-22)20-7-5-4-6-8-20/h4-16H,3,17H2,1-2H3,(H,30,31,32). The van der Waals surface area contributed by atoms with Gasteiger partial charge in [-0.3, -0.25) is 9.59 Å². The molecule has 0 aliphatic carbocycles. The number of amides is 1. The van der Waals surface area contributed by atoms with Gasteiger partial charge in [-0.05, 0) is 48.2 Å². The first-order chi connectivity index (χ1) is 18.0. The van der Waals surface area contributed by atoms with Crippen molar-refractivity contribution >= 4 is 22.7 Å². The molecule has 0 fully saturated rings. The number of rotatable bonds is 8. The highest BCUT2D eigenvalue weighted by Crippen LogP contribution is 2.29. The molecular weight excluding hydrogens is 472 g/mol. The fourth-order valence-electron chi connectivity index (χ4n) is 3.89. The van der Waals surface area contributed by atoms with E-state index in [2.05, 4.69) is 10.5 Å². The van der Waals surface area contributed by atoms with Crippen LogP contribution in [0, 0.1) is 6.92 Å².